The number of nitrogens with zero attached hydrogens (tertiary/aromatic N) is 1. The Morgan fingerprint density at radius 2 is 2.16 bits per heavy atom. The fourth-order valence-corrected chi connectivity index (χ4v) is 2.43. The quantitative estimate of drug-likeness (QED) is 0.781. The molecule has 1 heterocycles. The summed E-state index contributed by atoms with van der Waals surface area (Å²) in [6, 6.07) is 8.11. The summed E-state index contributed by atoms with van der Waals surface area (Å²) in [5, 5.41) is 14.1. The van der Waals surface area contributed by atoms with Crippen LogP contribution in [0, 0.1) is 0 Å². The van der Waals surface area contributed by atoms with Crippen molar-refractivity contribution in [1.29, 1.82) is 0 Å². The largest absolute Gasteiger partial charge is 0.395 e. The summed E-state index contributed by atoms with van der Waals surface area (Å²) in [5.41, 5.74) is 1.17. The van der Waals surface area contributed by atoms with Crippen molar-refractivity contribution in [1.82, 2.24) is 10.6 Å². The number of anilines is 1. The number of aliphatic hydroxyl groups is 1. The van der Waals surface area contributed by atoms with Gasteiger partial charge in [-0.15, -0.1) is 0 Å². The minimum absolute atomic E-state index is 0.0386. The molecule has 0 saturated carbocycles. The van der Waals surface area contributed by atoms with Gasteiger partial charge in [-0.25, -0.2) is 4.79 Å². The summed E-state index contributed by atoms with van der Waals surface area (Å²) in [6.45, 7) is 2.00. The summed E-state index contributed by atoms with van der Waals surface area (Å²) in [4.78, 5) is 13.7. The first-order chi connectivity index (χ1) is 9.19. The SMILES string of the molecule is O=C(NCCO)NC1CCN(c2ccc(Br)cc2)C1. The average molecular weight is 328 g/mol. The maximum atomic E-state index is 11.5. The number of aliphatic hydroxyl groups excluding tert-OH is 1. The van der Waals surface area contributed by atoms with Crippen LogP contribution in [0.15, 0.2) is 28.7 Å². The van der Waals surface area contributed by atoms with E-state index in [1.165, 1.54) is 5.69 Å². The summed E-state index contributed by atoms with van der Waals surface area (Å²) in [6.07, 6.45) is 0.933. The smallest absolute Gasteiger partial charge is 0.315 e. The zero-order valence-electron chi connectivity index (χ0n) is 10.6. The number of urea groups is 1. The van der Waals surface area contributed by atoms with Gasteiger partial charge in [-0.3, -0.25) is 0 Å². The Labute approximate surface area is 121 Å². The molecule has 104 valence electrons. The summed E-state index contributed by atoms with van der Waals surface area (Å²) in [7, 11) is 0. The van der Waals surface area contributed by atoms with Crippen molar-refractivity contribution in [3.63, 3.8) is 0 Å². The van der Waals surface area contributed by atoms with Gasteiger partial charge in [-0.05, 0) is 30.7 Å². The predicted molar refractivity (Wildman–Crippen MR) is 78.4 cm³/mol. The van der Waals surface area contributed by atoms with Crippen LogP contribution in [0.1, 0.15) is 6.42 Å². The van der Waals surface area contributed by atoms with Crippen LogP contribution in [0.3, 0.4) is 0 Å². The lowest BCUT2D eigenvalue weighted by Crippen LogP contribution is -2.44. The van der Waals surface area contributed by atoms with E-state index in [9.17, 15) is 4.79 Å². The molecule has 2 rings (SSSR count). The molecule has 1 saturated heterocycles. The average Bonchev–Trinajstić information content (AvgIpc) is 2.85. The molecule has 5 nitrogen and oxygen atoms in total. The topological polar surface area (TPSA) is 64.6 Å². The van der Waals surface area contributed by atoms with Crippen molar-refractivity contribution in [2.75, 3.05) is 31.1 Å². The molecule has 0 radical (unpaired) electrons. The molecular weight excluding hydrogens is 310 g/mol. The first-order valence-electron chi connectivity index (χ1n) is 6.35. The van der Waals surface area contributed by atoms with Gasteiger partial charge in [0.15, 0.2) is 0 Å². The molecule has 1 fully saturated rings. The number of carbonyl (C=O) groups is 1. The molecule has 0 spiro atoms. The van der Waals surface area contributed by atoms with Crippen LogP contribution in [0.4, 0.5) is 10.5 Å². The lowest BCUT2D eigenvalue weighted by atomic mass is 10.3. The zero-order valence-corrected chi connectivity index (χ0v) is 12.2. The highest BCUT2D eigenvalue weighted by Crippen LogP contribution is 2.22. The van der Waals surface area contributed by atoms with Crippen LogP contribution < -0.4 is 15.5 Å². The second-order valence-electron chi connectivity index (χ2n) is 4.53. The number of benzene rings is 1. The van der Waals surface area contributed by atoms with Crippen LogP contribution in [-0.2, 0) is 0 Å². The van der Waals surface area contributed by atoms with Crippen molar-refractivity contribution in [3.8, 4) is 0 Å². The van der Waals surface area contributed by atoms with Crippen molar-refractivity contribution in [2.45, 2.75) is 12.5 Å². The Bertz CT molecular complexity index is 424. The van der Waals surface area contributed by atoms with E-state index in [0.717, 1.165) is 24.0 Å². The fraction of sp³-hybridized carbons (Fsp3) is 0.462. The van der Waals surface area contributed by atoms with Crippen molar-refractivity contribution >= 4 is 27.6 Å². The van der Waals surface area contributed by atoms with Gasteiger partial charge in [0.05, 0.1) is 6.61 Å². The van der Waals surface area contributed by atoms with Gasteiger partial charge < -0.3 is 20.6 Å². The van der Waals surface area contributed by atoms with Crippen LogP contribution in [0.2, 0.25) is 0 Å². The van der Waals surface area contributed by atoms with Crippen LogP contribution in [-0.4, -0.2) is 43.4 Å². The monoisotopic (exact) mass is 327 g/mol. The molecule has 3 N–H and O–H groups in total. The molecule has 6 heteroatoms. The molecule has 2 amide bonds. The molecule has 1 atom stereocenters. The first kappa shape index (κ1) is 14.1. The molecule has 0 bridgehead atoms. The Balaban J connectivity index is 1.83. The van der Waals surface area contributed by atoms with E-state index in [1.54, 1.807) is 0 Å². The normalized spacial score (nSPS) is 18.4. The lowest BCUT2D eigenvalue weighted by molar-refractivity contribution is 0.231. The van der Waals surface area contributed by atoms with Crippen molar-refractivity contribution < 1.29 is 9.90 Å². The van der Waals surface area contributed by atoms with Crippen LogP contribution in [0.25, 0.3) is 0 Å². The maximum absolute atomic E-state index is 11.5. The number of rotatable bonds is 4. The molecular formula is C13H18BrN3O2. The molecule has 0 aromatic heterocycles. The number of halogens is 1. The van der Waals surface area contributed by atoms with Crippen LogP contribution >= 0.6 is 15.9 Å². The third kappa shape index (κ3) is 4.11. The van der Waals surface area contributed by atoms with E-state index in [2.05, 4.69) is 43.6 Å². The standard InChI is InChI=1S/C13H18BrN3O2/c14-10-1-3-12(4-2-10)17-7-5-11(9-17)16-13(19)15-6-8-18/h1-4,11,18H,5-9H2,(H2,15,16,19). The fourth-order valence-electron chi connectivity index (χ4n) is 2.17. The number of nitrogens with one attached hydrogen (secondary N) is 2. The molecule has 19 heavy (non-hydrogen) atoms. The molecule has 1 unspecified atom stereocenters. The highest BCUT2D eigenvalue weighted by molar-refractivity contribution is 9.10. The highest BCUT2D eigenvalue weighted by atomic mass is 79.9. The van der Waals surface area contributed by atoms with Gasteiger partial charge in [-0.1, -0.05) is 15.9 Å². The van der Waals surface area contributed by atoms with Gasteiger partial charge in [0.1, 0.15) is 0 Å². The minimum Gasteiger partial charge on any atom is -0.395 e. The molecule has 1 aromatic rings. The van der Waals surface area contributed by atoms with E-state index in [4.69, 9.17) is 5.11 Å². The van der Waals surface area contributed by atoms with E-state index >= 15 is 0 Å². The number of hydrogen-bond donors (Lipinski definition) is 3. The molecule has 1 aromatic carbocycles. The Kier molecular flexibility index (Phi) is 5.04. The van der Waals surface area contributed by atoms with E-state index < -0.39 is 0 Å². The van der Waals surface area contributed by atoms with Crippen LogP contribution in [0.5, 0.6) is 0 Å². The van der Waals surface area contributed by atoms with E-state index in [1.807, 2.05) is 12.1 Å². The van der Waals surface area contributed by atoms with E-state index in [-0.39, 0.29) is 25.2 Å². The van der Waals surface area contributed by atoms with Crippen molar-refractivity contribution in [2.24, 2.45) is 0 Å². The van der Waals surface area contributed by atoms with Gasteiger partial charge in [-0.2, -0.15) is 0 Å². The molecule has 1 aliphatic rings. The number of amides is 2. The molecule has 1 aliphatic heterocycles. The number of hydrogen-bond acceptors (Lipinski definition) is 3. The summed E-state index contributed by atoms with van der Waals surface area (Å²) < 4.78 is 1.06. The lowest BCUT2D eigenvalue weighted by Gasteiger charge is -2.19. The van der Waals surface area contributed by atoms with Crippen molar-refractivity contribution in [3.05, 3.63) is 28.7 Å². The second-order valence-corrected chi connectivity index (χ2v) is 5.45. The minimum atomic E-state index is -0.211. The van der Waals surface area contributed by atoms with Gasteiger partial charge in [0.2, 0.25) is 0 Å². The first-order valence-corrected chi connectivity index (χ1v) is 7.14. The molecule has 0 aliphatic carbocycles. The third-order valence-corrected chi connectivity index (χ3v) is 3.64. The third-order valence-electron chi connectivity index (χ3n) is 3.11. The number of carbonyl (C=O) groups excluding carboxylic acids is 1. The maximum Gasteiger partial charge on any atom is 0.315 e. The van der Waals surface area contributed by atoms with Gasteiger partial charge in [0, 0.05) is 35.8 Å². The predicted octanol–water partition coefficient (Wildman–Crippen LogP) is 1.32. The highest BCUT2D eigenvalue weighted by Gasteiger charge is 2.23. The Morgan fingerprint density at radius 3 is 2.84 bits per heavy atom. The van der Waals surface area contributed by atoms with E-state index in [0.29, 0.717) is 0 Å². The second kappa shape index (κ2) is 6.77. The van der Waals surface area contributed by atoms with Gasteiger partial charge in [0.25, 0.3) is 0 Å². The zero-order chi connectivity index (χ0) is 13.7. The summed E-state index contributed by atoms with van der Waals surface area (Å²) >= 11 is 3.42. The Hall–Kier alpha value is -1.27. The Morgan fingerprint density at radius 1 is 1.42 bits per heavy atom. The van der Waals surface area contributed by atoms with Gasteiger partial charge >= 0.3 is 6.03 Å². The summed E-state index contributed by atoms with van der Waals surface area (Å²) in [5.74, 6) is 0.